The van der Waals surface area contributed by atoms with Gasteiger partial charge in [0.1, 0.15) is 11.8 Å². The van der Waals surface area contributed by atoms with Crippen LogP contribution in [0.15, 0.2) is 53.4 Å². The van der Waals surface area contributed by atoms with Crippen LogP contribution in [0, 0.1) is 0 Å². The Kier molecular flexibility index (Phi) is 7.82. The van der Waals surface area contributed by atoms with E-state index in [1.54, 1.807) is 31.2 Å². The molecule has 2 aromatic carbocycles. The molecule has 2 aromatic rings. The molecular weight excluding hydrogens is 406 g/mol. The van der Waals surface area contributed by atoms with E-state index in [0.29, 0.717) is 11.4 Å². The minimum absolute atomic E-state index is 0.0115. The van der Waals surface area contributed by atoms with Gasteiger partial charge < -0.3 is 15.4 Å². The first kappa shape index (κ1) is 23.2. The fraction of sp³-hybridized carbons (Fsp3) is 0.333. The summed E-state index contributed by atoms with van der Waals surface area (Å²) in [7, 11) is -2.29. The molecule has 0 saturated heterocycles. The highest BCUT2D eigenvalue weighted by Crippen LogP contribution is 2.19. The molecule has 0 bridgehead atoms. The summed E-state index contributed by atoms with van der Waals surface area (Å²) in [4.78, 5) is 24.4. The molecular formula is C21H27N3O5S. The van der Waals surface area contributed by atoms with E-state index in [9.17, 15) is 18.0 Å². The zero-order valence-electron chi connectivity index (χ0n) is 17.4. The molecule has 3 N–H and O–H groups in total. The lowest BCUT2D eigenvalue weighted by Crippen LogP contribution is -2.47. The minimum atomic E-state index is -3.81. The monoisotopic (exact) mass is 433 g/mol. The van der Waals surface area contributed by atoms with E-state index >= 15 is 0 Å². The summed E-state index contributed by atoms with van der Waals surface area (Å²) in [5, 5.41) is 5.40. The van der Waals surface area contributed by atoms with Crippen LogP contribution in [0.2, 0.25) is 0 Å². The molecule has 0 aromatic heterocycles. The molecule has 2 rings (SSSR count). The maximum atomic E-state index is 12.5. The molecule has 0 aliphatic carbocycles. The first-order valence-electron chi connectivity index (χ1n) is 9.54. The summed E-state index contributed by atoms with van der Waals surface area (Å²) in [6.07, 6.45) is 0.785. The van der Waals surface area contributed by atoms with Gasteiger partial charge in [0.2, 0.25) is 5.91 Å². The summed E-state index contributed by atoms with van der Waals surface area (Å²) < 4.78 is 32.6. The largest absolute Gasteiger partial charge is 0.497 e. The number of hydrogen-bond acceptors (Lipinski definition) is 5. The molecule has 30 heavy (non-hydrogen) atoms. The number of methoxy groups -OCH3 is 1. The number of carbonyl (C=O) groups is 2. The van der Waals surface area contributed by atoms with Crippen molar-refractivity contribution in [1.29, 1.82) is 0 Å². The second-order valence-corrected chi connectivity index (χ2v) is 8.55. The van der Waals surface area contributed by atoms with Gasteiger partial charge in [-0.2, -0.15) is 0 Å². The summed E-state index contributed by atoms with van der Waals surface area (Å²) >= 11 is 0. The van der Waals surface area contributed by atoms with Crippen LogP contribution in [0.25, 0.3) is 0 Å². The van der Waals surface area contributed by atoms with Crippen molar-refractivity contribution >= 4 is 27.5 Å². The van der Waals surface area contributed by atoms with E-state index in [2.05, 4.69) is 15.4 Å². The zero-order valence-corrected chi connectivity index (χ0v) is 18.2. The molecule has 0 saturated carbocycles. The molecule has 8 nitrogen and oxygen atoms in total. The number of carbonyl (C=O) groups excluding carboxylic acids is 2. The van der Waals surface area contributed by atoms with Crippen LogP contribution in [0.3, 0.4) is 0 Å². The molecule has 0 heterocycles. The quantitative estimate of drug-likeness (QED) is 0.562. The van der Waals surface area contributed by atoms with Crippen molar-refractivity contribution in [3.8, 4) is 5.75 Å². The number of nitrogens with one attached hydrogen (secondary N) is 3. The molecule has 2 amide bonds. The van der Waals surface area contributed by atoms with Crippen LogP contribution in [-0.2, 0) is 14.8 Å². The fourth-order valence-electron chi connectivity index (χ4n) is 2.47. The Labute approximate surface area is 177 Å². The standard InChI is InChI=1S/C21H27N3O5S/c1-5-14(2)22-20(25)15(3)23-21(26)16-6-12-19(13-7-16)30(27,28)24-17-8-10-18(29-4)11-9-17/h6-15,24H,5H2,1-4H3,(H,22,25)(H,23,26). The van der Waals surface area contributed by atoms with Crippen molar-refractivity contribution in [3.05, 3.63) is 54.1 Å². The van der Waals surface area contributed by atoms with E-state index in [-0.39, 0.29) is 22.4 Å². The third-order valence-electron chi connectivity index (χ3n) is 4.51. The second-order valence-electron chi connectivity index (χ2n) is 6.87. The van der Waals surface area contributed by atoms with Gasteiger partial charge in [0.05, 0.1) is 12.0 Å². The molecule has 162 valence electrons. The maximum Gasteiger partial charge on any atom is 0.261 e. The fourth-order valence-corrected chi connectivity index (χ4v) is 3.53. The van der Waals surface area contributed by atoms with Crippen LogP contribution >= 0.6 is 0 Å². The van der Waals surface area contributed by atoms with Gasteiger partial charge in [-0.05, 0) is 68.8 Å². The predicted molar refractivity (Wildman–Crippen MR) is 115 cm³/mol. The lowest BCUT2D eigenvalue weighted by molar-refractivity contribution is -0.123. The van der Waals surface area contributed by atoms with Gasteiger partial charge in [-0.15, -0.1) is 0 Å². The Morgan fingerprint density at radius 3 is 2.10 bits per heavy atom. The number of ether oxygens (including phenoxy) is 1. The van der Waals surface area contributed by atoms with Crippen molar-refractivity contribution in [2.24, 2.45) is 0 Å². The van der Waals surface area contributed by atoms with E-state index in [0.717, 1.165) is 6.42 Å². The molecule has 2 unspecified atom stereocenters. The summed E-state index contributed by atoms with van der Waals surface area (Å²) in [5.74, 6) is -0.130. The topological polar surface area (TPSA) is 114 Å². The molecule has 2 atom stereocenters. The average Bonchev–Trinajstić information content (AvgIpc) is 2.73. The Bertz CT molecular complexity index is 973. The van der Waals surface area contributed by atoms with Crippen LogP contribution in [0.4, 0.5) is 5.69 Å². The predicted octanol–water partition coefficient (Wildman–Crippen LogP) is 2.53. The number of hydrogen-bond donors (Lipinski definition) is 3. The first-order chi connectivity index (χ1) is 14.2. The van der Waals surface area contributed by atoms with Crippen molar-refractivity contribution in [3.63, 3.8) is 0 Å². The Morgan fingerprint density at radius 2 is 1.57 bits per heavy atom. The Hall–Kier alpha value is -3.07. The van der Waals surface area contributed by atoms with E-state index < -0.39 is 22.0 Å². The Morgan fingerprint density at radius 1 is 0.967 bits per heavy atom. The highest BCUT2D eigenvalue weighted by molar-refractivity contribution is 7.92. The molecule has 0 spiro atoms. The SMILES string of the molecule is CCC(C)NC(=O)C(C)NC(=O)c1ccc(S(=O)(=O)Nc2ccc(OC)cc2)cc1. The third-order valence-corrected chi connectivity index (χ3v) is 5.91. The third kappa shape index (κ3) is 6.21. The smallest absolute Gasteiger partial charge is 0.261 e. The van der Waals surface area contributed by atoms with Crippen molar-refractivity contribution < 1.29 is 22.7 Å². The molecule has 0 aliphatic heterocycles. The average molecular weight is 434 g/mol. The summed E-state index contributed by atoms with van der Waals surface area (Å²) in [6, 6.07) is 11.2. The number of sulfonamides is 1. The van der Waals surface area contributed by atoms with Gasteiger partial charge in [0, 0.05) is 17.3 Å². The van der Waals surface area contributed by atoms with Crippen molar-refractivity contribution in [2.45, 2.75) is 44.2 Å². The number of benzene rings is 2. The first-order valence-corrected chi connectivity index (χ1v) is 11.0. The zero-order chi connectivity index (χ0) is 22.3. The van der Waals surface area contributed by atoms with Crippen LogP contribution in [0.5, 0.6) is 5.75 Å². The van der Waals surface area contributed by atoms with E-state index in [1.165, 1.54) is 31.4 Å². The number of anilines is 1. The maximum absolute atomic E-state index is 12.5. The van der Waals surface area contributed by atoms with Gasteiger partial charge in [0.25, 0.3) is 15.9 Å². The second kappa shape index (κ2) is 10.1. The number of amides is 2. The lowest BCUT2D eigenvalue weighted by atomic mass is 10.2. The van der Waals surface area contributed by atoms with Crippen LogP contribution < -0.4 is 20.1 Å². The van der Waals surface area contributed by atoms with Crippen LogP contribution in [-0.4, -0.2) is 39.4 Å². The summed E-state index contributed by atoms with van der Waals surface area (Å²) in [6.45, 7) is 5.42. The van der Waals surface area contributed by atoms with Crippen molar-refractivity contribution in [1.82, 2.24) is 10.6 Å². The normalized spacial score (nSPS) is 13.1. The van der Waals surface area contributed by atoms with E-state index in [4.69, 9.17) is 4.74 Å². The minimum Gasteiger partial charge on any atom is -0.497 e. The van der Waals surface area contributed by atoms with Crippen molar-refractivity contribution in [2.75, 3.05) is 11.8 Å². The summed E-state index contributed by atoms with van der Waals surface area (Å²) in [5.41, 5.74) is 0.639. The van der Waals surface area contributed by atoms with Gasteiger partial charge in [-0.25, -0.2) is 8.42 Å². The molecule has 0 fully saturated rings. The Balaban J connectivity index is 2.03. The highest BCUT2D eigenvalue weighted by Gasteiger charge is 2.19. The number of rotatable bonds is 9. The molecule has 9 heteroatoms. The highest BCUT2D eigenvalue weighted by atomic mass is 32.2. The molecule has 0 radical (unpaired) electrons. The van der Waals surface area contributed by atoms with Gasteiger partial charge in [-0.1, -0.05) is 6.92 Å². The van der Waals surface area contributed by atoms with E-state index in [1.807, 2.05) is 13.8 Å². The molecule has 0 aliphatic rings. The van der Waals surface area contributed by atoms with Gasteiger partial charge >= 0.3 is 0 Å². The van der Waals surface area contributed by atoms with Gasteiger partial charge in [-0.3, -0.25) is 14.3 Å². The lowest BCUT2D eigenvalue weighted by Gasteiger charge is -2.17. The van der Waals surface area contributed by atoms with Gasteiger partial charge in [0.15, 0.2) is 0 Å². The van der Waals surface area contributed by atoms with Crippen LogP contribution in [0.1, 0.15) is 37.6 Å².